The lowest BCUT2D eigenvalue weighted by Crippen LogP contribution is -2.42. The molecule has 0 saturated heterocycles. The van der Waals surface area contributed by atoms with Crippen molar-refractivity contribution in [1.82, 2.24) is 0 Å². The SMILES string of the molecule is COc1ccc(/C=C\CC(F)(S(=O)(=O)c2ccccc2)S(=O)(=O)c2ccccc2)cc1. The van der Waals surface area contributed by atoms with Gasteiger partial charge in [-0.25, -0.2) is 21.2 Å². The molecule has 0 aliphatic rings. The predicted octanol–water partition coefficient (Wildman–Crippen LogP) is 4.67. The quantitative estimate of drug-likeness (QED) is 0.488. The number of halogens is 1. The van der Waals surface area contributed by atoms with Crippen molar-refractivity contribution in [3.8, 4) is 5.75 Å². The van der Waals surface area contributed by atoms with E-state index in [1.807, 2.05) is 0 Å². The van der Waals surface area contributed by atoms with Crippen LogP contribution in [-0.2, 0) is 19.7 Å². The molecule has 3 aromatic carbocycles. The van der Waals surface area contributed by atoms with E-state index in [0.717, 1.165) is 0 Å². The van der Waals surface area contributed by atoms with E-state index in [9.17, 15) is 16.8 Å². The maximum absolute atomic E-state index is 16.3. The molecule has 0 amide bonds. The first-order chi connectivity index (χ1) is 14.7. The first-order valence-corrected chi connectivity index (χ1v) is 12.3. The van der Waals surface area contributed by atoms with Gasteiger partial charge in [0.15, 0.2) is 0 Å². The van der Waals surface area contributed by atoms with Gasteiger partial charge in [0.1, 0.15) is 5.75 Å². The summed E-state index contributed by atoms with van der Waals surface area (Å²) in [7, 11) is -8.28. The van der Waals surface area contributed by atoms with Gasteiger partial charge in [-0.2, -0.15) is 0 Å². The van der Waals surface area contributed by atoms with Gasteiger partial charge in [0.25, 0.3) is 0 Å². The Morgan fingerprint density at radius 2 is 1.23 bits per heavy atom. The van der Waals surface area contributed by atoms with Crippen molar-refractivity contribution >= 4 is 25.8 Å². The van der Waals surface area contributed by atoms with Gasteiger partial charge in [0.05, 0.1) is 16.9 Å². The molecular weight excluding hydrogens is 439 g/mol. The zero-order valence-electron chi connectivity index (χ0n) is 16.7. The van der Waals surface area contributed by atoms with Gasteiger partial charge in [0.2, 0.25) is 19.7 Å². The fraction of sp³-hybridized carbons (Fsp3) is 0.130. The zero-order chi connectivity index (χ0) is 22.5. The van der Waals surface area contributed by atoms with Crippen LogP contribution in [0.15, 0.2) is 101 Å². The minimum atomic E-state index is -4.90. The number of hydrogen-bond acceptors (Lipinski definition) is 5. The average Bonchev–Trinajstić information content (AvgIpc) is 2.80. The van der Waals surface area contributed by atoms with Gasteiger partial charge in [-0.15, -0.1) is 0 Å². The summed E-state index contributed by atoms with van der Waals surface area (Å²) in [5, 5.41) is 0. The number of rotatable bonds is 8. The highest BCUT2D eigenvalue weighted by Crippen LogP contribution is 2.40. The summed E-state index contributed by atoms with van der Waals surface area (Å²) in [6.45, 7) is 0. The second kappa shape index (κ2) is 9.03. The summed E-state index contributed by atoms with van der Waals surface area (Å²) in [6, 6.07) is 20.2. The van der Waals surface area contributed by atoms with Crippen molar-refractivity contribution in [3.05, 3.63) is 96.6 Å². The molecule has 0 aromatic heterocycles. The summed E-state index contributed by atoms with van der Waals surface area (Å²) < 4.78 is 70.6. The fourth-order valence-electron chi connectivity index (χ4n) is 2.97. The molecule has 162 valence electrons. The van der Waals surface area contributed by atoms with Crippen molar-refractivity contribution in [3.63, 3.8) is 0 Å². The molecule has 0 saturated carbocycles. The third kappa shape index (κ3) is 4.40. The molecule has 31 heavy (non-hydrogen) atoms. The van der Waals surface area contributed by atoms with E-state index in [-0.39, 0.29) is 0 Å². The van der Waals surface area contributed by atoms with Crippen LogP contribution in [0.3, 0.4) is 0 Å². The monoisotopic (exact) mass is 460 g/mol. The smallest absolute Gasteiger partial charge is 0.321 e. The Labute approximate surface area is 181 Å². The number of hydrogen-bond donors (Lipinski definition) is 0. The summed E-state index contributed by atoms with van der Waals surface area (Å²) in [5.41, 5.74) is 0.636. The molecular formula is C23H21FO5S2. The molecule has 0 heterocycles. The maximum Gasteiger partial charge on any atom is 0.321 e. The topological polar surface area (TPSA) is 77.5 Å². The van der Waals surface area contributed by atoms with Crippen LogP contribution in [0.25, 0.3) is 6.08 Å². The lowest BCUT2D eigenvalue weighted by molar-refractivity contribution is 0.358. The van der Waals surface area contributed by atoms with Crippen LogP contribution in [0.5, 0.6) is 5.75 Å². The minimum absolute atomic E-state index is 0.408. The van der Waals surface area contributed by atoms with Crippen LogP contribution in [-0.4, -0.2) is 28.3 Å². The van der Waals surface area contributed by atoms with E-state index < -0.39 is 40.2 Å². The highest BCUT2D eigenvalue weighted by Gasteiger charge is 2.56. The van der Waals surface area contributed by atoms with E-state index in [2.05, 4.69) is 0 Å². The maximum atomic E-state index is 16.3. The molecule has 0 atom stereocenters. The molecule has 0 aliphatic heterocycles. The Bertz CT molecular complexity index is 1180. The highest BCUT2D eigenvalue weighted by atomic mass is 32.3. The number of sulfone groups is 2. The number of methoxy groups -OCH3 is 1. The van der Waals surface area contributed by atoms with Crippen molar-refractivity contribution in [1.29, 1.82) is 0 Å². The second-order valence-electron chi connectivity index (χ2n) is 6.67. The van der Waals surface area contributed by atoms with Gasteiger partial charge in [-0.1, -0.05) is 60.7 Å². The Kier molecular flexibility index (Phi) is 6.62. The molecule has 0 radical (unpaired) electrons. The summed E-state index contributed by atoms with van der Waals surface area (Å²) >= 11 is 0. The van der Waals surface area contributed by atoms with Crippen molar-refractivity contribution < 1.29 is 26.0 Å². The van der Waals surface area contributed by atoms with Gasteiger partial charge in [-0.3, -0.25) is 0 Å². The number of alkyl halides is 1. The third-order valence-electron chi connectivity index (χ3n) is 4.70. The van der Waals surface area contributed by atoms with Gasteiger partial charge in [-0.05, 0) is 42.0 Å². The minimum Gasteiger partial charge on any atom is -0.497 e. The first kappa shape index (κ1) is 22.7. The van der Waals surface area contributed by atoms with Gasteiger partial charge in [0, 0.05) is 6.42 Å². The van der Waals surface area contributed by atoms with Crippen LogP contribution in [0.1, 0.15) is 12.0 Å². The number of benzene rings is 3. The van der Waals surface area contributed by atoms with Crippen LogP contribution in [0.4, 0.5) is 4.39 Å². The zero-order valence-corrected chi connectivity index (χ0v) is 18.3. The average molecular weight is 461 g/mol. The standard InChI is InChI=1S/C23H21FO5S2/c1-29-20-16-14-19(15-17-20)9-8-18-23(24,30(25,26)21-10-4-2-5-11-21)31(27,28)22-12-6-3-7-13-22/h2-17H,18H2,1H3/b9-8-. The summed E-state index contributed by atoms with van der Waals surface area (Å²) in [6.07, 6.45) is 1.80. The molecule has 0 bridgehead atoms. The molecule has 0 N–H and O–H groups in total. The van der Waals surface area contributed by atoms with E-state index in [1.165, 1.54) is 67.8 Å². The van der Waals surface area contributed by atoms with Gasteiger partial charge >= 0.3 is 4.33 Å². The highest BCUT2D eigenvalue weighted by molar-refractivity contribution is 8.10. The largest absolute Gasteiger partial charge is 0.497 e. The molecule has 5 nitrogen and oxygen atoms in total. The first-order valence-electron chi connectivity index (χ1n) is 9.31. The van der Waals surface area contributed by atoms with Crippen molar-refractivity contribution in [2.45, 2.75) is 20.5 Å². The summed E-state index contributed by atoms with van der Waals surface area (Å²) in [4.78, 5) is -0.815. The molecule has 3 rings (SSSR count). The fourth-order valence-corrected chi connectivity index (χ4v) is 7.06. The van der Waals surface area contributed by atoms with E-state index in [1.54, 1.807) is 36.4 Å². The number of allylic oxidation sites excluding steroid dienone is 1. The molecule has 0 fully saturated rings. The Balaban J connectivity index is 2.07. The van der Waals surface area contributed by atoms with E-state index in [4.69, 9.17) is 4.74 Å². The molecule has 3 aromatic rings. The number of ether oxygens (including phenoxy) is 1. The van der Waals surface area contributed by atoms with Crippen molar-refractivity contribution in [2.24, 2.45) is 0 Å². The van der Waals surface area contributed by atoms with Crippen molar-refractivity contribution in [2.75, 3.05) is 7.11 Å². The van der Waals surface area contributed by atoms with E-state index in [0.29, 0.717) is 11.3 Å². The molecule has 0 aliphatic carbocycles. The normalized spacial score (nSPS) is 12.7. The second-order valence-corrected chi connectivity index (χ2v) is 11.2. The Morgan fingerprint density at radius 3 is 1.65 bits per heavy atom. The van der Waals surface area contributed by atoms with E-state index >= 15 is 4.39 Å². The third-order valence-corrected chi connectivity index (χ3v) is 9.74. The van der Waals surface area contributed by atoms with Crippen LogP contribution in [0.2, 0.25) is 0 Å². The van der Waals surface area contributed by atoms with Crippen LogP contribution < -0.4 is 4.74 Å². The lowest BCUT2D eigenvalue weighted by Gasteiger charge is -2.24. The molecule has 0 spiro atoms. The Morgan fingerprint density at radius 1 is 0.774 bits per heavy atom. The molecule has 8 heteroatoms. The Hall–Kier alpha value is -2.97. The molecule has 0 unspecified atom stereocenters. The van der Waals surface area contributed by atoms with Crippen LogP contribution >= 0.6 is 0 Å². The lowest BCUT2D eigenvalue weighted by atomic mass is 10.2. The predicted molar refractivity (Wildman–Crippen MR) is 118 cm³/mol. The summed E-state index contributed by atoms with van der Waals surface area (Å²) in [5.74, 6) is 0.621. The van der Waals surface area contributed by atoms with Gasteiger partial charge < -0.3 is 4.74 Å². The van der Waals surface area contributed by atoms with Crippen LogP contribution in [0, 0.1) is 0 Å².